The molecular formula is C7H3ILiNaO3. The van der Waals surface area contributed by atoms with Gasteiger partial charge in [0.15, 0.2) is 0 Å². The topological polar surface area (TPSA) is 63.2 Å². The molecular weight excluding hydrogens is 289 g/mol. The van der Waals surface area contributed by atoms with Crippen LogP contribution in [0, 0.1) is 3.57 Å². The maximum absolute atomic E-state index is 10.8. The summed E-state index contributed by atoms with van der Waals surface area (Å²) < 4.78 is 0.710. The van der Waals surface area contributed by atoms with Gasteiger partial charge in [0.25, 0.3) is 0 Å². The summed E-state index contributed by atoms with van der Waals surface area (Å²) >= 11 is 1.93. The number of rotatable bonds is 1. The van der Waals surface area contributed by atoms with E-state index >= 15 is 0 Å². The Kier molecular flexibility index (Phi) is 8.95. The molecule has 0 aliphatic carbocycles. The molecule has 0 spiro atoms. The van der Waals surface area contributed by atoms with Gasteiger partial charge in [-0.05, 0) is 40.3 Å². The second kappa shape index (κ2) is 7.15. The minimum absolute atomic E-state index is 0. The molecule has 1 aromatic rings. The van der Waals surface area contributed by atoms with Crippen LogP contribution < -0.4 is 58.6 Å². The fraction of sp³-hybridized carbons (Fsp3) is 0. The van der Waals surface area contributed by atoms with Gasteiger partial charge in [0.05, 0.1) is 5.97 Å². The van der Waals surface area contributed by atoms with Gasteiger partial charge in [-0.2, -0.15) is 0 Å². The number of hydrogen-bond donors (Lipinski definition) is 0. The van der Waals surface area contributed by atoms with Crippen molar-refractivity contribution in [2.75, 3.05) is 0 Å². The summed E-state index contributed by atoms with van der Waals surface area (Å²) in [6.07, 6.45) is 0. The largest absolute Gasteiger partial charge is 1.00 e. The predicted octanol–water partition coefficient (Wildman–Crippen LogP) is -6.26. The molecule has 1 aromatic carbocycles. The summed E-state index contributed by atoms with van der Waals surface area (Å²) in [6.45, 7) is 0. The molecule has 0 saturated carbocycles. The molecule has 0 amide bonds. The van der Waals surface area contributed by atoms with Gasteiger partial charge >= 0.3 is 48.4 Å². The minimum Gasteiger partial charge on any atom is -0.872 e. The molecule has 0 radical (unpaired) electrons. The van der Waals surface area contributed by atoms with Crippen molar-refractivity contribution >= 4 is 28.6 Å². The zero-order valence-electron chi connectivity index (χ0n) is 7.33. The Balaban J connectivity index is 0. The van der Waals surface area contributed by atoms with Crippen molar-refractivity contribution in [1.82, 2.24) is 0 Å². The molecule has 13 heavy (non-hydrogen) atoms. The Labute approximate surface area is 124 Å². The maximum Gasteiger partial charge on any atom is 1.00 e. The minimum atomic E-state index is -1.42. The average Bonchev–Trinajstić information content (AvgIpc) is 1.94. The van der Waals surface area contributed by atoms with Crippen LogP contribution >= 0.6 is 22.6 Å². The Morgan fingerprint density at radius 3 is 2.31 bits per heavy atom. The number of carbonyl (C=O) groups excluding carboxylic acids is 1. The fourth-order valence-electron chi connectivity index (χ4n) is 0.662. The molecule has 0 unspecified atom stereocenters. The van der Waals surface area contributed by atoms with Gasteiger partial charge in [-0.1, -0.05) is 11.8 Å². The molecule has 3 nitrogen and oxygen atoms in total. The Morgan fingerprint density at radius 2 is 1.92 bits per heavy atom. The molecule has 0 bridgehead atoms. The van der Waals surface area contributed by atoms with Gasteiger partial charge in [-0.3, -0.25) is 0 Å². The van der Waals surface area contributed by atoms with Crippen LogP contribution in [0.4, 0.5) is 0 Å². The summed E-state index contributed by atoms with van der Waals surface area (Å²) in [4.78, 5) is 10.3. The first-order chi connectivity index (χ1) is 5.11. The Morgan fingerprint density at radius 1 is 1.38 bits per heavy atom. The molecule has 58 valence electrons. The maximum atomic E-state index is 10.8. The zero-order valence-corrected chi connectivity index (χ0v) is 11.5. The summed E-state index contributed by atoms with van der Waals surface area (Å²) in [7, 11) is 0. The van der Waals surface area contributed by atoms with Gasteiger partial charge in [0.2, 0.25) is 0 Å². The van der Waals surface area contributed by atoms with E-state index in [1.54, 1.807) is 6.07 Å². The molecule has 1 rings (SSSR count). The Bertz CT molecular complexity index is 306. The number of aromatic carboxylic acids is 1. The van der Waals surface area contributed by atoms with E-state index < -0.39 is 11.7 Å². The second-order valence-corrected chi connectivity index (χ2v) is 3.17. The van der Waals surface area contributed by atoms with E-state index in [1.165, 1.54) is 12.1 Å². The van der Waals surface area contributed by atoms with Crippen LogP contribution in [0.2, 0.25) is 0 Å². The average molecular weight is 292 g/mol. The van der Waals surface area contributed by atoms with Crippen molar-refractivity contribution in [2.45, 2.75) is 0 Å². The van der Waals surface area contributed by atoms with Crippen LogP contribution in [0.15, 0.2) is 18.2 Å². The zero-order chi connectivity index (χ0) is 8.43. The van der Waals surface area contributed by atoms with E-state index in [9.17, 15) is 15.0 Å². The molecule has 0 aliphatic heterocycles. The summed E-state index contributed by atoms with van der Waals surface area (Å²) in [5, 5.41) is 21.0. The van der Waals surface area contributed by atoms with E-state index in [2.05, 4.69) is 0 Å². The Hall–Kier alpha value is 0.817. The smallest absolute Gasteiger partial charge is 0.872 e. The molecule has 6 heteroatoms. The fourth-order valence-corrected chi connectivity index (χ4v) is 1.15. The first-order valence-corrected chi connectivity index (χ1v) is 3.87. The number of halogens is 1. The molecule has 0 N–H and O–H groups in total. The molecule has 0 atom stereocenters. The van der Waals surface area contributed by atoms with Gasteiger partial charge in [-0.25, -0.2) is 0 Å². The normalized spacial score (nSPS) is 8.08. The van der Waals surface area contributed by atoms with E-state index in [-0.39, 0.29) is 54.0 Å². The van der Waals surface area contributed by atoms with Gasteiger partial charge in [0, 0.05) is 3.57 Å². The molecule has 0 fully saturated rings. The van der Waals surface area contributed by atoms with Crippen molar-refractivity contribution in [3.05, 3.63) is 27.3 Å². The van der Waals surface area contributed by atoms with E-state index in [0.29, 0.717) is 3.57 Å². The third kappa shape index (κ3) is 4.72. The second-order valence-electron chi connectivity index (χ2n) is 1.93. The quantitative estimate of drug-likeness (QED) is 0.382. The monoisotopic (exact) mass is 292 g/mol. The third-order valence-electron chi connectivity index (χ3n) is 1.16. The summed E-state index contributed by atoms with van der Waals surface area (Å²) in [5.41, 5.74) is -0.281. The van der Waals surface area contributed by atoms with Gasteiger partial charge < -0.3 is 15.0 Å². The van der Waals surface area contributed by atoms with Crippen molar-refractivity contribution in [3.8, 4) is 5.75 Å². The van der Waals surface area contributed by atoms with Crippen LogP contribution in [0.5, 0.6) is 5.75 Å². The van der Waals surface area contributed by atoms with Crippen LogP contribution in [0.25, 0.3) is 0 Å². The number of benzene rings is 1. The van der Waals surface area contributed by atoms with Crippen molar-refractivity contribution in [3.63, 3.8) is 0 Å². The summed E-state index contributed by atoms with van der Waals surface area (Å²) in [5.74, 6) is -1.93. The molecule has 0 aliphatic rings. The van der Waals surface area contributed by atoms with Crippen molar-refractivity contribution < 1.29 is 63.4 Å². The van der Waals surface area contributed by atoms with E-state index in [1.807, 2.05) is 22.6 Å². The first kappa shape index (κ1) is 16.3. The van der Waals surface area contributed by atoms with Crippen LogP contribution in [-0.4, -0.2) is 5.97 Å². The number of hydrogen-bond acceptors (Lipinski definition) is 3. The summed E-state index contributed by atoms with van der Waals surface area (Å²) in [6, 6.07) is 4.06. The first-order valence-electron chi connectivity index (χ1n) is 2.79. The number of carbonyl (C=O) groups is 1. The standard InChI is InChI=1S/C7H5IO3.Li.Na/c8-4-1-2-6(9)5(3-4)7(10)11;;/h1-3,9H,(H,10,11);;/q;2*+1/p-2. The third-order valence-corrected chi connectivity index (χ3v) is 1.83. The predicted molar refractivity (Wildman–Crippen MR) is 42.9 cm³/mol. The number of carboxylic acid groups (broad SMARTS) is 1. The van der Waals surface area contributed by atoms with E-state index in [4.69, 9.17) is 0 Å². The SMILES string of the molecule is O=C([O-])c1cc(I)ccc1[O-].[Li+].[Na+]. The van der Waals surface area contributed by atoms with Crippen molar-refractivity contribution in [2.24, 2.45) is 0 Å². The van der Waals surface area contributed by atoms with Gasteiger partial charge in [0.1, 0.15) is 0 Å². The van der Waals surface area contributed by atoms with Crippen LogP contribution in [0.1, 0.15) is 10.4 Å². The van der Waals surface area contributed by atoms with Crippen molar-refractivity contribution in [1.29, 1.82) is 0 Å². The number of carboxylic acids is 1. The van der Waals surface area contributed by atoms with E-state index in [0.717, 1.165) is 0 Å². The van der Waals surface area contributed by atoms with Gasteiger partial charge in [-0.15, -0.1) is 0 Å². The molecule has 0 saturated heterocycles. The van der Waals surface area contributed by atoms with Crippen LogP contribution in [0.3, 0.4) is 0 Å². The molecule has 0 heterocycles. The molecule has 0 aromatic heterocycles. The van der Waals surface area contributed by atoms with Crippen LogP contribution in [-0.2, 0) is 0 Å².